The van der Waals surface area contributed by atoms with Crippen LogP contribution in [-0.4, -0.2) is 79.1 Å². The molecule has 0 saturated carbocycles. The average molecular weight is 655 g/mol. The van der Waals surface area contributed by atoms with Crippen LogP contribution in [0.3, 0.4) is 0 Å². The summed E-state index contributed by atoms with van der Waals surface area (Å²) in [5.74, 6) is -1.10. The van der Waals surface area contributed by atoms with E-state index in [2.05, 4.69) is 25.1 Å². The van der Waals surface area contributed by atoms with Crippen LogP contribution in [0.15, 0.2) is 40.4 Å². The molecule has 5 rings (SSSR count). The number of hydrogen-bond acceptors (Lipinski definition) is 8. The van der Waals surface area contributed by atoms with Gasteiger partial charge >= 0.3 is 0 Å². The van der Waals surface area contributed by atoms with Gasteiger partial charge in [-0.2, -0.15) is 0 Å². The Morgan fingerprint density at radius 3 is 2.58 bits per heavy atom. The van der Waals surface area contributed by atoms with Crippen LogP contribution in [0.1, 0.15) is 41.8 Å². The van der Waals surface area contributed by atoms with Gasteiger partial charge in [0.15, 0.2) is 5.16 Å². The predicted octanol–water partition coefficient (Wildman–Crippen LogP) is 4.39. The molecule has 232 valence electrons. The van der Waals surface area contributed by atoms with E-state index < -0.39 is 28.2 Å². The Morgan fingerprint density at radius 1 is 1.12 bits per heavy atom. The minimum atomic E-state index is -3.81. The van der Waals surface area contributed by atoms with Crippen molar-refractivity contribution < 1.29 is 26.7 Å². The van der Waals surface area contributed by atoms with Crippen LogP contribution in [0, 0.1) is 6.92 Å². The molecule has 0 radical (unpaired) electrons. The van der Waals surface area contributed by atoms with E-state index in [-0.39, 0.29) is 33.1 Å². The third kappa shape index (κ3) is 7.55. The quantitative estimate of drug-likeness (QED) is 0.293. The van der Waals surface area contributed by atoms with Crippen LogP contribution in [-0.2, 0) is 32.4 Å². The Labute approximate surface area is 258 Å². The Kier molecular flexibility index (Phi) is 10.3. The van der Waals surface area contributed by atoms with Gasteiger partial charge in [0.1, 0.15) is 0 Å². The Morgan fingerprint density at radius 2 is 1.86 bits per heavy atom. The highest BCUT2D eigenvalue weighted by molar-refractivity contribution is 7.99. The molecule has 0 unspecified atom stereocenters. The smallest absolute Gasteiger partial charge is 0.297 e. The molecule has 1 saturated heterocycles. The van der Waals surface area contributed by atoms with E-state index in [4.69, 9.17) is 16.3 Å². The Hall–Kier alpha value is -2.62. The van der Waals surface area contributed by atoms with Gasteiger partial charge in [-0.25, -0.2) is 21.9 Å². The summed E-state index contributed by atoms with van der Waals surface area (Å²) in [5, 5.41) is 10.6. The zero-order chi connectivity index (χ0) is 30.6. The minimum absolute atomic E-state index is 0.0269. The second-order valence-electron chi connectivity index (χ2n) is 10.4. The molecule has 0 atom stereocenters. The van der Waals surface area contributed by atoms with Gasteiger partial charge in [-0.3, -0.25) is 14.3 Å². The number of rotatable bonds is 11. The SMILES string of the molecule is Cc1ccc(-n2c(SCC(=O)Nc3ccc(S(=O)(=O)NCCN4CCOCC4)cc3Cl)nnc2C(F)F)c2c1CCCC2. The zero-order valence-electron chi connectivity index (χ0n) is 23.6. The first-order chi connectivity index (χ1) is 20.6. The van der Waals surface area contributed by atoms with E-state index >= 15 is 0 Å². The third-order valence-corrected chi connectivity index (χ3v) is 10.2. The number of carbonyl (C=O) groups excluding carboxylic acids is 1. The number of fused-ring (bicyclic) bond motifs is 1. The van der Waals surface area contributed by atoms with Gasteiger partial charge < -0.3 is 10.1 Å². The third-order valence-electron chi connectivity index (χ3n) is 7.52. The summed E-state index contributed by atoms with van der Waals surface area (Å²) in [6.45, 7) is 5.56. The molecule has 1 aromatic heterocycles. The normalized spacial score (nSPS) is 15.9. The van der Waals surface area contributed by atoms with Crippen LogP contribution >= 0.6 is 23.4 Å². The molecule has 2 N–H and O–H groups in total. The van der Waals surface area contributed by atoms with Gasteiger partial charge in [0.05, 0.1) is 40.3 Å². The van der Waals surface area contributed by atoms with Crippen molar-refractivity contribution in [3.05, 3.63) is 57.9 Å². The molecule has 1 aliphatic carbocycles. The fourth-order valence-electron chi connectivity index (χ4n) is 5.31. The lowest BCUT2D eigenvalue weighted by atomic mass is 9.87. The largest absolute Gasteiger partial charge is 0.379 e. The van der Waals surface area contributed by atoms with Crippen molar-refractivity contribution in [2.45, 2.75) is 49.1 Å². The summed E-state index contributed by atoms with van der Waals surface area (Å²) < 4.78 is 62.6. The first kappa shape index (κ1) is 31.8. The van der Waals surface area contributed by atoms with E-state index in [1.165, 1.54) is 28.3 Å². The van der Waals surface area contributed by atoms with E-state index in [9.17, 15) is 22.0 Å². The average Bonchev–Trinajstić information content (AvgIpc) is 3.42. The monoisotopic (exact) mass is 654 g/mol. The molecule has 2 heterocycles. The standard InChI is InChI=1S/C28H33ClF2N6O4S2/c1-18-6-9-24(21-5-3-2-4-20(18)21)37-27(26(30)31)34-35-28(37)42-17-25(38)33-23-8-7-19(16-22(23)29)43(39,40)32-10-11-36-12-14-41-15-13-36/h6-9,16,26,32H,2-5,10-15,17H2,1H3,(H,33,38). The number of alkyl halides is 2. The summed E-state index contributed by atoms with van der Waals surface area (Å²) >= 11 is 7.31. The molecular weight excluding hydrogens is 622 g/mol. The number of aryl methyl sites for hydroxylation is 1. The molecule has 1 aliphatic heterocycles. The van der Waals surface area contributed by atoms with Crippen molar-refractivity contribution in [1.82, 2.24) is 24.4 Å². The number of halogens is 3. The lowest BCUT2D eigenvalue weighted by Crippen LogP contribution is -2.41. The van der Waals surface area contributed by atoms with Gasteiger partial charge in [-0.05, 0) is 73.6 Å². The number of amides is 1. The number of hydrogen-bond donors (Lipinski definition) is 2. The van der Waals surface area contributed by atoms with Gasteiger partial charge in [0.2, 0.25) is 21.8 Å². The fourth-order valence-corrected chi connectivity index (χ4v) is 7.40. The van der Waals surface area contributed by atoms with E-state index in [1.54, 1.807) is 0 Å². The summed E-state index contributed by atoms with van der Waals surface area (Å²) in [7, 11) is -3.81. The molecule has 3 aromatic rings. The van der Waals surface area contributed by atoms with E-state index in [0.29, 0.717) is 25.4 Å². The van der Waals surface area contributed by atoms with Crippen LogP contribution < -0.4 is 10.0 Å². The number of morpholine rings is 1. The van der Waals surface area contributed by atoms with Crippen molar-refractivity contribution >= 4 is 45.0 Å². The zero-order valence-corrected chi connectivity index (χ0v) is 26.0. The summed E-state index contributed by atoms with van der Waals surface area (Å²) in [5.41, 5.74) is 4.14. The van der Waals surface area contributed by atoms with Crippen LogP contribution in [0.5, 0.6) is 0 Å². The lowest BCUT2D eigenvalue weighted by molar-refractivity contribution is -0.113. The number of nitrogens with zero attached hydrogens (tertiary/aromatic N) is 4. The second-order valence-corrected chi connectivity index (χ2v) is 13.5. The molecule has 0 spiro atoms. The predicted molar refractivity (Wildman–Crippen MR) is 161 cm³/mol. The number of benzene rings is 2. The van der Waals surface area contributed by atoms with Crippen molar-refractivity contribution in [1.29, 1.82) is 0 Å². The molecule has 2 aliphatic rings. The van der Waals surface area contributed by atoms with Gasteiger partial charge in [0.25, 0.3) is 6.43 Å². The van der Waals surface area contributed by atoms with Gasteiger partial charge in [-0.1, -0.05) is 29.4 Å². The number of ether oxygens (including phenoxy) is 1. The minimum Gasteiger partial charge on any atom is -0.379 e. The fraction of sp³-hybridized carbons (Fsp3) is 0.464. The molecule has 1 fully saturated rings. The maximum atomic E-state index is 14.0. The molecule has 43 heavy (non-hydrogen) atoms. The van der Waals surface area contributed by atoms with Crippen molar-refractivity contribution in [3.8, 4) is 5.69 Å². The maximum Gasteiger partial charge on any atom is 0.297 e. The van der Waals surface area contributed by atoms with Gasteiger partial charge in [-0.15, -0.1) is 10.2 Å². The number of nitrogens with one attached hydrogen (secondary N) is 2. The lowest BCUT2D eigenvalue weighted by Gasteiger charge is -2.26. The molecule has 1 amide bonds. The molecule has 10 nitrogen and oxygen atoms in total. The summed E-state index contributed by atoms with van der Waals surface area (Å²) in [6, 6.07) is 7.77. The Bertz CT molecular complexity index is 1580. The van der Waals surface area contributed by atoms with Gasteiger partial charge in [0, 0.05) is 26.2 Å². The number of anilines is 1. The first-order valence-electron chi connectivity index (χ1n) is 14.0. The molecule has 0 bridgehead atoms. The van der Waals surface area contributed by atoms with E-state index in [1.807, 2.05) is 19.1 Å². The second kappa shape index (κ2) is 14.0. The topological polar surface area (TPSA) is 118 Å². The highest BCUT2D eigenvalue weighted by atomic mass is 35.5. The van der Waals surface area contributed by atoms with Crippen molar-refractivity contribution in [2.75, 3.05) is 50.5 Å². The van der Waals surface area contributed by atoms with Crippen molar-refractivity contribution in [2.24, 2.45) is 0 Å². The maximum absolute atomic E-state index is 14.0. The van der Waals surface area contributed by atoms with Crippen molar-refractivity contribution in [3.63, 3.8) is 0 Å². The number of carbonyl (C=O) groups is 1. The molecule has 2 aromatic carbocycles. The molecule has 15 heteroatoms. The van der Waals surface area contributed by atoms with E-state index in [0.717, 1.165) is 61.7 Å². The first-order valence-corrected chi connectivity index (χ1v) is 16.9. The highest BCUT2D eigenvalue weighted by Crippen LogP contribution is 2.34. The van der Waals surface area contributed by atoms with Crippen LogP contribution in [0.4, 0.5) is 14.5 Å². The van der Waals surface area contributed by atoms with Crippen LogP contribution in [0.2, 0.25) is 5.02 Å². The van der Waals surface area contributed by atoms with Crippen LogP contribution in [0.25, 0.3) is 5.69 Å². The summed E-state index contributed by atoms with van der Waals surface area (Å²) in [4.78, 5) is 14.9. The molecular formula is C28H33ClF2N6O4S2. The number of thioether (sulfide) groups is 1. The number of aromatic nitrogens is 3. The Balaban J connectivity index is 1.24. The summed E-state index contributed by atoms with van der Waals surface area (Å²) in [6.07, 6.45) is 0.817. The highest BCUT2D eigenvalue weighted by Gasteiger charge is 2.26. The number of sulfonamides is 1.